The molecule has 0 saturated carbocycles. The van der Waals surface area contributed by atoms with E-state index >= 15 is 0 Å². The van der Waals surface area contributed by atoms with Crippen molar-refractivity contribution in [2.75, 3.05) is 13.2 Å². The zero-order valence-electron chi connectivity index (χ0n) is 37.0. The molecule has 16 heteroatoms. The molecule has 4 N–H and O–H groups in total. The Bertz CT molecular complexity index is 2730. The van der Waals surface area contributed by atoms with Gasteiger partial charge in [-0.15, -0.1) is 32.9 Å². The number of aliphatic hydroxyl groups excluding tert-OH is 2. The summed E-state index contributed by atoms with van der Waals surface area (Å²) in [5.41, 5.74) is 9.46. The van der Waals surface area contributed by atoms with Crippen molar-refractivity contribution in [3.63, 3.8) is 0 Å². The highest BCUT2D eigenvalue weighted by atomic mass is 32.1. The Morgan fingerprint density at radius 2 is 1.52 bits per heavy atom. The molecule has 0 aliphatic carbocycles. The summed E-state index contributed by atoms with van der Waals surface area (Å²) in [6.07, 6.45) is -1.97. The number of aromatic nitrogens is 4. The van der Waals surface area contributed by atoms with Crippen LogP contribution in [0.4, 0.5) is 0 Å². The predicted molar refractivity (Wildman–Crippen MR) is 248 cm³/mol. The molecule has 0 bridgehead atoms. The van der Waals surface area contributed by atoms with Gasteiger partial charge in [-0.2, -0.15) is 0 Å². The Labute approximate surface area is 380 Å². The minimum Gasteiger partial charge on any atom is -0.484 e. The number of amides is 3. The Balaban J connectivity index is 0.887. The second-order valence-electron chi connectivity index (χ2n) is 17.5. The van der Waals surface area contributed by atoms with Gasteiger partial charge in [0.25, 0.3) is 5.91 Å². The second kappa shape index (κ2) is 17.8. The van der Waals surface area contributed by atoms with Crippen molar-refractivity contribution in [1.29, 1.82) is 0 Å². The van der Waals surface area contributed by atoms with Gasteiger partial charge in [0.1, 0.15) is 28.7 Å². The lowest BCUT2D eigenvalue weighted by Crippen LogP contribution is -2.58. The number of aryl methyl sites for hydroxylation is 3. The Hall–Kier alpha value is -6.07. The van der Waals surface area contributed by atoms with Gasteiger partial charge in [0.15, 0.2) is 12.4 Å². The first kappa shape index (κ1) is 44.5. The summed E-state index contributed by atoms with van der Waals surface area (Å²) in [5.74, 6) is 0.212. The van der Waals surface area contributed by atoms with E-state index < -0.39 is 41.6 Å². The molecule has 3 aromatic carbocycles. The molecule has 332 valence electrons. The number of thiazole rings is 1. The molecule has 64 heavy (non-hydrogen) atoms. The molecule has 6 aromatic rings. The second-order valence-corrected chi connectivity index (χ2v) is 19.6. The van der Waals surface area contributed by atoms with Crippen LogP contribution in [0.5, 0.6) is 5.75 Å². The maximum absolute atomic E-state index is 14.2. The van der Waals surface area contributed by atoms with Gasteiger partial charge in [-0.25, -0.2) is 9.98 Å². The monoisotopic (exact) mass is 900 g/mol. The number of nitrogens with zero attached hydrogens (tertiary/aromatic N) is 6. The van der Waals surface area contributed by atoms with Crippen LogP contribution in [0.15, 0.2) is 83.3 Å². The van der Waals surface area contributed by atoms with Crippen LogP contribution in [0.3, 0.4) is 0 Å². The van der Waals surface area contributed by atoms with Gasteiger partial charge in [-0.3, -0.25) is 19.0 Å². The molecule has 0 spiro atoms. The summed E-state index contributed by atoms with van der Waals surface area (Å²) in [5, 5.41) is 37.0. The van der Waals surface area contributed by atoms with Gasteiger partial charge < -0.3 is 30.5 Å². The maximum Gasteiger partial charge on any atom is 0.258 e. The van der Waals surface area contributed by atoms with Crippen LogP contribution in [0.1, 0.15) is 90.9 Å². The number of nitrogens with one attached hydrogen (secondary N) is 2. The van der Waals surface area contributed by atoms with Crippen LogP contribution in [-0.4, -0.2) is 89.6 Å². The molecule has 1 fully saturated rings. The highest BCUT2D eigenvalue weighted by Gasteiger charge is 2.45. The number of carbonyl (C=O) groups is 3. The average molecular weight is 901 g/mol. The molecule has 2 aliphatic rings. The van der Waals surface area contributed by atoms with Crippen molar-refractivity contribution >= 4 is 46.1 Å². The third-order valence-corrected chi connectivity index (χ3v) is 14.1. The molecule has 1 saturated heterocycles. The van der Waals surface area contributed by atoms with E-state index in [0.29, 0.717) is 23.1 Å². The van der Waals surface area contributed by atoms with Gasteiger partial charge in [0.05, 0.1) is 33.9 Å². The zero-order chi connectivity index (χ0) is 45.6. The number of aliphatic imine (C=N–C) groups is 1. The summed E-state index contributed by atoms with van der Waals surface area (Å²) in [6.45, 7) is 15.0. The highest BCUT2D eigenvalue weighted by Crippen LogP contribution is 2.39. The zero-order valence-corrected chi connectivity index (χ0v) is 38.7. The van der Waals surface area contributed by atoms with Crippen molar-refractivity contribution in [2.24, 2.45) is 10.4 Å². The molecule has 0 radical (unpaired) electrons. The Kier molecular flexibility index (Phi) is 12.4. The van der Waals surface area contributed by atoms with Gasteiger partial charge >= 0.3 is 0 Å². The number of thiophene rings is 1. The Morgan fingerprint density at radius 3 is 2.16 bits per heavy atom. The van der Waals surface area contributed by atoms with Crippen LogP contribution in [0.2, 0.25) is 0 Å². The van der Waals surface area contributed by atoms with Gasteiger partial charge in [-0.1, -0.05) is 81.4 Å². The lowest BCUT2D eigenvalue weighted by molar-refractivity contribution is -0.144. The summed E-state index contributed by atoms with van der Waals surface area (Å²) in [6, 6.07) is 21.0. The van der Waals surface area contributed by atoms with E-state index in [9.17, 15) is 24.6 Å². The number of fused-ring (bicyclic) bond motifs is 3. The third kappa shape index (κ3) is 8.87. The van der Waals surface area contributed by atoms with E-state index in [0.717, 1.165) is 59.4 Å². The number of hydrogen-bond donors (Lipinski definition) is 4. The first-order chi connectivity index (χ1) is 30.5. The number of likely N-dealkylation sites (tertiary alicyclic amines) is 1. The molecule has 5 heterocycles. The van der Waals surface area contributed by atoms with Crippen LogP contribution < -0.4 is 15.4 Å². The molecule has 14 nitrogen and oxygen atoms in total. The summed E-state index contributed by atoms with van der Waals surface area (Å²) >= 11 is 3.20. The fourth-order valence-electron chi connectivity index (χ4n) is 8.24. The van der Waals surface area contributed by atoms with Crippen LogP contribution in [-0.2, 0) is 14.4 Å². The van der Waals surface area contributed by atoms with E-state index in [4.69, 9.17) is 9.73 Å². The van der Waals surface area contributed by atoms with Gasteiger partial charge in [-0.05, 0) is 80.0 Å². The summed E-state index contributed by atoms with van der Waals surface area (Å²) in [7, 11) is 0. The SMILES string of the molecule is Cc1ncsc1-c1ccc(C(C)NC(=O)[C@@H]2C[C@@H](O)CN2C(=O)C(NC(=O)COc2ccc(-c3ccc(C4=NC(O)c5nnc(C)n5-c5sc(C)c(C)c54)cc3)cc2)C(C)(C)C)cc1. The van der Waals surface area contributed by atoms with Crippen LogP contribution in [0, 0.1) is 33.1 Å². The lowest BCUT2D eigenvalue weighted by Gasteiger charge is -2.35. The molecule has 5 atom stereocenters. The van der Waals surface area contributed by atoms with Gasteiger partial charge in [0.2, 0.25) is 18.0 Å². The lowest BCUT2D eigenvalue weighted by atomic mass is 9.85. The van der Waals surface area contributed by atoms with Gasteiger partial charge in [0, 0.05) is 29.0 Å². The standard InChI is InChI=1S/C48H52N8O6S2/c1-25-28(4)64-47-39(25)40(52-45(60)43-54-53-29(5)56(43)47)33-13-11-31(12-14-33)32-17-19-36(20-18-32)62-23-38(58)51-42(48(6,7)8)46(61)55-22-35(57)21-37(55)44(59)50-26(2)30-9-15-34(16-10-30)41-27(3)49-24-63-41/h9-20,24,26,35,37,42,45,57,60H,21-23H2,1-8H3,(H,50,59)(H,51,58)/t26?,35-,37+,42?,45?/m1/s1. The number of rotatable bonds is 11. The quantitative estimate of drug-likeness (QED) is 0.107. The van der Waals surface area contributed by atoms with E-state index in [2.05, 4.69) is 39.7 Å². The van der Waals surface area contributed by atoms with Crippen molar-refractivity contribution in [2.45, 2.75) is 92.3 Å². The largest absolute Gasteiger partial charge is 0.484 e. The van der Waals surface area contributed by atoms with E-state index in [1.165, 1.54) is 4.90 Å². The molecule has 2 aliphatic heterocycles. The van der Waals surface area contributed by atoms with E-state index in [1.54, 1.807) is 34.8 Å². The molecule has 8 rings (SSSR count). The summed E-state index contributed by atoms with van der Waals surface area (Å²) in [4.78, 5) is 53.9. The van der Waals surface area contributed by atoms with Crippen LogP contribution in [0.25, 0.3) is 26.6 Å². The predicted octanol–water partition coefficient (Wildman–Crippen LogP) is 6.94. The number of carbonyl (C=O) groups excluding carboxylic acids is 3. The topological polar surface area (TPSA) is 184 Å². The first-order valence-corrected chi connectivity index (χ1v) is 22.9. The Morgan fingerprint density at radius 1 is 0.875 bits per heavy atom. The third-order valence-electron chi connectivity index (χ3n) is 11.9. The number of β-amino-alcohol motifs (C(OH)–C–C–N with tert-alkyl or cyclic N) is 1. The highest BCUT2D eigenvalue weighted by molar-refractivity contribution is 7.15. The van der Waals surface area contributed by atoms with Crippen LogP contribution >= 0.6 is 22.7 Å². The van der Waals surface area contributed by atoms with Crippen molar-refractivity contribution in [1.82, 2.24) is 35.3 Å². The number of ether oxygens (including phenoxy) is 1. The first-order valence-electron chi connectivity index (χ1n) is 21.2. The molecule has 3 aromatic heterocycles. The molecule has 3 amide bonds. The number of hydrogen-bond acceptors (Lipinski definition) is 12. The molecule has 3 unspecified atom stereocenters. The maximum atomic E-state index is 14.2. The minimum absolute atomic E-state index is 0.0284. The van der Waals surface area contributed by atoms with E-state index in [-0.39, 0.29) is 31.5 Å². The normalized spacial score (nSPS) is 18.1. The van der Waals surface area contributed by atoms with Crippen molar-refractivity contribution < 1.29 is 29.3 Å². The van der Waals surface area contributed by atoms with E-state index in [1.807, 2.05) is 112 Å². The fourth-order valence-corrected chi connectivity index (χ4v) is 10.3. The summed E-state index contributed by atoms with van der Waals surface area (Å²) < 4.78 is 7.76. The van der Waals surface area contributed by atoms with Crippen molar-refractivity contribution in [3.8, 4) is 32.3 Å². The smallest absolute Gasteiger partial charge is 0.258 e. The minimum atomic E-state index is -1.17. The van der Waals surface area contributed by atoms with Crippen molar-refractivity contribution in [3.05, 3.63) is 123 Å². The fraction of sp³-hybridized carbons (Fsp3) is 0.354. The molecular weight excluding hydrogens is 849 g/mol. The molecular formula is C48H52N8O6S2. The number of aliphatic hydroxyl groups is 2. The number of benzene rings is 3. The average Bonchev–Trinajstić information content (AvgIpc) is 4.04.